The number of methoxy groups -OCH3 is 1. The van der Waals surface area contributed by atoms with Gasteiger partial charge in [-0.3, -0.25) is 9.59 Å². The summed E-state index contributed by atoms with van der Waals surface area (Å²) in [5.74, 6) is -0.256. The molecule has 0 spiro atoms. The maximum absolute atomic E-state index is 12.0. The average molecular weight is 286 g/mol. The summed E-state index contributed by atoms with van der Waals surface area (Å²) in [6.07, 6.45) is 1.58. The van der Waals surface area contributed by atoms with E-state index in [1.54, 1.807) is 26.4 Å². The third-order valence-electron chi connectivity index (χ3n) is 3.15. The summed E-state index contributed by atoms with van der Waals surface area (Å²) in [7, 11) is 3.30. The fourth-order valence-electron chi connectivity index (χ4n) is 1.89. The first-order chi connectivity index (χ1) is 10.1. The second-order valence-corrected chi connectivity index (χ2v) is 4.80. The van der Waals surface area contributed by atoms with Crippen LogP contribution in [0.4, 0.5) is 0 Å². The van der Waals surface area contributed by atoms with Gasteiger partial charge in [-0.2, -0.15) is 0 Å². The van der Waals surface area contributed by atoms with Crippen LogP contribution >= 0.6 is 0 Å². The van der Waals surface area contributed by atoms with Crippen molar-refractivity contribution in [3.63, 3.8) is 0 Å². The molecule has 0 fully saturated rings. The number of rotatable bonds is 5. The Morgan fingerprint density at radius 1 is 1.19 bits per heavy atom. The zero-order chi connectivity index (χ0) is 15.2. The van der Waals surface area contributed by atoms with Crippen molar-refractivity contribution in [2.45, 2.75) is 13.2 Å². The first-order valence-electron chi connectivity index (χ1n) is 6.62. The number of amides is 1. The quantitative estimate of drug-likeness (QED) is 0.905. The predicted molar refractivity (Wildman–Crippen MR) is 80.0 cm³/mol. The summed E-state index contributed by atoms with van der Waals surface area (Å²) in [6, 6.07) is 10.8. The Hall–Kier alpha value is -2.40. The Labute approximate surface area is 123 Å². The van der Waals surface area contributed by atoms with E-state index < -0.39 is 0 Å². The lowest BCUT2D eigenvalue weighted by molar-refractivity contribution is 0.0950. The molecule has 0 unspecified atom stereocenters. The number of hydrogen-bond donors (Lipinski definition) is 1. The van der Waals surface area contributed by atoms with Crippen LogP contribution < -0.4 is 10.9 Å². The molecule has 2 aromatic rings. The molecular weight excluding hydrogens is 268 g/mol. The average Bonchev–Trinajstić information content (AvgIpc) is 2.49. The molecule has 1 heterocycles. The standard InChI is InChI=1S/C16H18N2O3/c1-18-8-7-14(9-15(18)19)16(20)17-10-12-3-5-13(6-4-12)11-21-2/h3-9H,10-11H2,1-2H3,(H,17,20). The van der Waals surface area contributed by atoms with E-state index in [0.29, 0.717) is 18.7 Å². The Kier molecular flexibility index (Phi) is 4.90. The number of hydrogen-bond acceptors (Lipinski definition) is 3. The van der Waals surface area contributed by atoms with Crippen molar-refractivity contribution in [2.75, 3.05) is 7.11 Å². The lowest BCUT2D eigenvalue weighted by Gasteiger charge is -2.07. The summed E-state index contributed by atoms with van der Waals surface area (Å²) < 4.78 is 6.47. The van der Waals surface area contributed by atoms with E-state index in [-0.39, 0.29) is 11.5 Å². The van der Waals surface area contributed by atoms with Crippen molar-refractivity contribution in [1.29, 1.82) is 0 Å². The molecule has 5 heteroatoms. The minimum absolute atomic E-state index is 0.202. The lowest BCUT2D eigenvalue weighted by atomic mass is 10.1. The van der Waals surface area contributed by atoms with Crippen LogP contribution in [0.1, 0.15) is 21.5 Å². The lowest BCUT2D eigenvalue weighted by Crippen LogP contribution is -2.25. The molecule has 2 rings (SSSR count). The Balaban J connectivity index is 1.97. The number of carbonyl (C=O) groups is 1. The van der Waals surface area contributed by atoms with Gasteiger partial charge in [0.2, 0.25) is 0 Å². The molecule has 1 amide bonds. The van der Waals surface area contributed by atoms with Crippen LogP contribution in [0.25, 0.3) is 0 Å². The zero-order valence-corrected chi connectivity index (χ0v) is 12.1. The van der Waals surface area contributed by atoms with Gasteiger partial charge in [-0.15, -0.1) is 0 Å². The van der Waals surface area contributed by atoms with Crippen LogP contribution in [0, 0.1) is 0 Å². The summed E-state index contributed by atoms with van der Waals surface area (Å²) >= 11 is 0. The van der Waals surface area contributed by atoms with Gasteiger partial charge >= 0.3 is 0 Å². The van der Waals surface area contributed by atoms with E-state index in [2.05, 4.69) is 5.32 Å². The molecule has 5 nitrogen and oxygen atoms in total. The van der Waals surface area contributed by atoms with Crippen LogP contribution in [0.3, 0.4) is 0 Å². The molecular formula is C16H18N2O3. The number of carbonyl (C=O) groups excluding carboxylic acids is 1. The molecule has 0 aliphatic heterocycles. The maximum Gasteiger partial charge on any atom is 0.251 e. The second-order valence-electron chi connectivity index (χ2n) is 4.80. The van der Waals surface area contributed by atoms with E-state index in [1.165, 1.54) is 10.6 Å². The number of benzene rings is 1. The molecule has 21 heavy (non-hydrogen) atoms. The van der Waals surface area contributed by atoms with E-state index in [1.807, 2.05) is 24.3 Å². The molecule has 0 saturated carbocycles. The third kappa shape index (κ3) is 4.03. The number of pyridine rings is 1. The first kappa shape index (κ1) is 15.0. The number of aromatic nitrogens is 1. The van der Waals surface area contributed by atoms with Crippen molar-refractivity contribution >= 4 is 5.91 Å². The fraction of sp³-hybridized carbons (Fsp3) is 0.250. The molecule has 0 bridgehead atoms. The van der Waals surface area contributed by atoms with Crippen molar-refractivity contribution in [3.8, 4) is 0 Å². The molecule has 1 aromatic heterocycles. The van der Waals surface area contributed by atoms with Crippen molar-refractivity contribution < 1.29 is 9.53 Å². The number of ether oxygens (including phenoxy) is 1. The van der Waals surface area contributed by atoms with Crippen molar-refractivity contribution in [3.05, 3.63) is 69.6 Å². The Morgan fingerprint density at radius 3 is 2.48 bits per heavy atom. The minimum atomic E-state index is -0.256. The highest BCUT2D eigenvalue weighted by atomic mass is 16.5. The highest BCUT2D eigenvalue weighted by Gasteiger charge is 2.06. The van der Waals surface area contributed by atoms with Gasteiger partial charge in [0.1, 0.15) is 0 Å². The molecule has 110 valence electrons. The molecule has 0 aliphatic rings. The van der Waals surface area contributed by atoms with Crippen molar-refractivity contribution in [2.24, 2.45) is 7.05 Å². The number of nitrogens with one attached hydrogen (secondary N) is 1. The monoisotopic (exact) mass is 286 g/mol. The molecule has 0 aliphatic carbocycles. The van der Waals surface area contributed by atoms with Crippen molar-refractivity contribution in [1.82, 2.24) is 9.88 Å². The summed E-state index contributed by atoms with van der Waals surface area (Å²) in [5, 5.41) is 2.80. The van der Waals surface area contributed by atoms with E-state index in [0.717, 1.165) is 11.1 Å². The van der Waals surface area contributed by atoms with E-state index in [9.17, 15) is 9.59 Å². The number of aryl methyl sites for hydroxylation is 1. The van der Waals surface area contributed by atoms with Gasteiger partial charge in [0, 0.05) is 38.5 Å². The summed E-state index contributed by atoms with van der Waals surface area (Å²) in [4.78, 5) is 23.5. The van der Waals surface area contributed by atoms with Gasteiger partial charge in [-0.1, -0.05) is 24.3 Å². The van der Waals surface area contributed by atoms with Gasteiger partial charge < -0.3 is 14.6 Å². The van der Waals surface area contributed by atoms with Gasteiger partial charge in [0.25, 0.3) is 11.5 Å². The first-order valence-corrected chi connectivity index (χ1v) is 6.62. The molecule has 1 aromatic carbocycles. The Bertz CT molecular complexity index is 675. The topological polar surface area (TPSA) is 60.3 Å². The summed E-state index contributed by atoms with van der Waals surface area (Å²) in [6.45, 7) is 0.987. The van der Waals surface area contributed by atoms with Gasteiger partial charge in [-0.25, -0.2) is 0 Å². The number of nitrogens with zero attached hydrogens (tertiary/aromatic N) is 1. The highest BCUT2D eigenvalue weighted by Crippen LogP contribution is 2.05. The van der Waals surface area contributed by atoms with Crippen LogP contribution in [-0.4, -0.2) is 17.6 Å². The molecule has 0 radical (unpaired) electrons. The zero-order valence-electron chi connectivity index (χ0n) is 12.1. The predicted octanol–water partition coefficient (Wildman–Crippen LogP) is 1.46. The largest absolute Gasteiger partial charge is 0.380 e. The third-order valence-corrected chi connectivity index (χ3v) is 3.15. The summed E-state index contributed by atoms with van der Waals surface area (Å²) in [5.41, 5.74) is 2.24. The minimum Gasteiger partial charge on any atom is -0.380 e. The molecule has 0 saturated heterocycles. The second kappa shape index (κ2) is 6.85. The van der Waals surface area contributed by atoms with Gasteiger partial charge in [-0.05, 0) is 17.2 Å². The van der Waals surface area contributed by atoms with Gasteiger partial charge in [0.15, 0.2) is 0 Å². The maximum atomic E-state index is 12.0. The van der Waals surface area contributed by atoms with E-state index >= 15 is 0 Å². The smallest absolute Gasteiger partial charge is 0.251 e. The molecule has 0 atom stereocenters. The van der Waals surface area contributed by atoms with Crippen LogP contribution in [0.2, 0.25) is 0 Å². The SMILES string of the molecule is COCc1ccc(CNC(=O)c2ccn(C)c(=O)c2)cc1. The Morgan fingerprint density at radius 2 is 1.86 bits per heavy atom. The van der Waals surface area contributed by atoms with Gasteiger partial charge in [0.05, 0.1) is 6.61 Å². The highest BCUT2D eigenvalue weighted by molar-refractivity contribution is 5.93. The molecule has 1 N–H and O–H groups in total. The normalized spacial score (nSPS) is 10.4. The van der Waals surface area contributed by atoms with Crippen LogP contribution in [-0.2, 0) is 24.9 Å². The van der Waals surface area contributed by atoms with E-state index in [4.69, 9.17) is 4.74 Å². The van der Waals surface area contributed by atoms with Crippen LogP contribution in [0.15, 0.2) is 47.4 Å². The fourth-order valence-corrected chi connectivity index (χ4v) is 1.89. The van der Waals surface area contributed by atoms with Crippen LogP contribution in [0.5, 0.6) is 0 Å².